The van der Waals surface area contributed by atoms with Gasteiger partial charge in [-0.05, 0) is 38.4 Å². The summed E-state index contributed by atoms with van der Waals surface area (Å²) in [4.78, 5) is 28.5. The zero-order valence-electron chi connectivity index (χ0n) is 25.2. The van der Waals surface area contributed by atoms with Crippen molar-refractivity contribution in [1.82, 2.24) is 14.7 Å². The molecule has 0 spiro atoms. The predicted octanol–water partition coefficient (Wildman–Crippen LogP) is 5.87. The molecule has 1 saturated heterocycles. The molecule has 1 aromatic heterocycles. The van der Waals surface area contributed by atoms with Gasteiger partial charge in [0.2, 0.25) is 0 Å². The second-order valence-corrected chi connectivity index (χ2v) is 18.7. The van der Waals surface area contributed by atoms with Crippen LogP contribution < -0.4 is 15.2 Å². The quantitative estimate of drug-likeness (QED) is 0.273. The summed E-state index contributed by atoms with van der Waals surface area (Å²) in [5.41, 5.74) is -1.72. The molecular weight excluding hydrogens is 569 g/mol. The lowest BCUT2D eigenvalue weighted by molar-refractivity contribution is -0.138. The van der Waals surface area contributed by atoms with Crippen LogP contribution in [0.3, 0.4) is 0 Å². The normalized spacial score (nSPS) is 16.5. The zero-order chi connectivity index (χ0) is 30.9. The smallest absolute Gasteiger partial charge is 0.423 e. The van der Waals surface area contributed by atoms with Gasteiger partial charge in [0.05, 0.1) is 11.9 Å². The summed E-state index contributed by atoms with van der Waals surface area (Å²) in [5, 5.41) is 4.03. The highest BCUT2D eigenvalue weighted by Crippen LogP contribution is 2.39. The van der Waals surface area contributed by atoms with Crippen LogP contribution in [0, 0.1) is 0 Å². The third-order valence-corrected chi connectivity index (χ3v) is 8.89. The molecule has 2 aliphatic rings. The highest BCUT2D eigenvalue weighted by atomic mass is 28.3. The number of halogens is 3. The number of likely N-dealkylation sites (tertiary alicyclic amines) is 1. The highest BCUT2D eigenvalue weighted by molar-refractivity contribution is 6.76. The Bertz CT molecular complexity index is 1330. The monoisotopic (exact) mass is 610 g/mol. The van der Waals surface area contributed by atoms with Gasteiger partial charge in [-0.2, -0.15) is 18.3 Å². The molecule has 13 heteroatoms. The molecule has 42 heavy (non-hydrogen) atoms. The predicted molar refractivity (Wildman–Crippen MR) is 155 cm³/mol. The number of hydrogen-bond acceptors (Lipinski definition) is 7. The number of benzene rings is 1. The lowest BCUT2D eigenvalue weighted by Gasteiger charge is -2.33. The molecule has 1 aromatic carbocycles. The van der Waals surface area contributed by atoms with E-state index in [4.69, 9.17) is 14.2 Å². The van der Waals surface area contributed by atoms with Crippen LogP contribution in [-0.2, 0) is 35.5 Å². The van der Waals surface area contributed by atoms with Crippen LogP contribution in [0.25, 0.3) is 0 Å². The van der Waals surface area contributed by atoms with Crippen LogP contribution in [0.5, 0.6) is 5.75 Å². The molecule has 232 valence electrons. The lowest BCUT2D eigenvalue weighted by atomic mass is 10.1. The van der Waals surface area contributed by atoms with Crippen molar-refractivity contribution in [3.8, 4) is 5.75 Å². The Labute approximate surface area is 245 Å². The molecule has 0 N–H and O–H groups in total. The zero-order valence-corrected chi connectivity index (χ0v) is 26.2. The third-order valence-electron chi connectivity index (χ3n) is 7.19. The van der Waals surface area contributed by atoms with Crippen molar-refractivity contribution >= 4 is 19.9 Å². The standard InChI is InChI=1S/C29H41F3N4O5Si/c1-28(2,3)41-27(38)34-12-10-21(11-13-34)40-24-9-7-8-20-17-35(18-22(20)24)23-16-33-36(19-39-14-15-42(4,5)6)26(37)25(23)29(30,31)32/h7-9,16,21H,10-15,17-19H2,1-6H3. The first-order valence-electron chi connectivity index (χ1n) is 14.3. The molecular formula is C29H41F3N4O5Si. The van der Waals surface area contributed by atoms with Crippen molar-refractivity contribution in [2.75, 3.05) is 24.6 Å². The molecule has 3 heterocycles. The number of aromatic nitrogens is 2. The lowest BCUT2D eigenvalue weighted by Crippen LogP contribution is -2.44. The minimum Gasteiger partial charge on any atom is -0.490 e. The van der Waals surface area contributed by atoms with Crippen LogP contribution in [0.15, 0.2) is 29.2 Å². The number of ether oxygens (including phenoxy) is 3. The van der Waals surface area contributed by atoms with Gasteiger partial charge in [-0.3, -0.25) is 4.79 Å². The Kier molecular flexibility index (Phi) is 9.31. The van der Waals surface area contributed by atoms with Gasteiger partial charge in [0.1, 0.15) is 29.7 Å². The van der Waals surface area contributed by atoms with Crippen LogP contribution in [-0.4, -0.2) is 60.2 Å². The molecule has 0 bridgehead atoms. The number of rotatable bonds is 8. The van der Waals surface area contributed by atoms with Gasteiger partial charge < -0.3 is 24.0 Å². The molecule has 1 fully saturated rings. The van der Waals surface area contributed by atoms with Crippen LogP contribution in [0.2, 0.25) is 25.7 Å². The number of amides is 1. The van der Waals surface area contributed by atoms with E-state index in [0.29, 0.717) is 38.3 Å². The average molecular weight is 611 g/mol. The van der Waals surface area contributed by atoms with Gasteiger partial charge >= 0.3 is 12.3 Å². The first-order chi connectivity index (χ1) is 19.5. The van der Waals surface area contributed by atoms with Crippen molar-refractivity contribution in [1.29, 1.82) is 0 Å². The van der Waals surface area contributed by atoms with Crippen molar-refractivity contribution in [3.63, 3.8) is 0 Å². The van der Waals surface area contributed by atoms with Gasteiger partial charge in [0.15, 0.2) is 0 Å². The maximum Gasteiger partial charge on any atom is 0.423 e. The molecule has 2 aliphatic heterocycles. The molecule has 2 aromatic rings. The highest BCUT2D eigenvalue weighted by Gasteiger charge is 2.41. The van der Waals surface area contributed by atoms with E-state index >= 15 is 0 Å². The van der Waals surface area contributed by atoms with Crippen molar-refractivity contribution in [2.24, 2.45) is 0 Å². The molecule has 0 unspecified atom stereocenters. The molecule has 1 amide bonds. The van der Waals surface area contributed by atoms with E-state index in [-0.39, 0.29) is 37.7 Å². The molecule has 0 saturated carbocycles. The summed E-state index contributed by atoms with van der Waals surface area (Å²) in [6, 6.07) is 6.29. The van der Waals surface area contributed by atoms with E-state index in [1.54, 1.807) is 11.0 Å². The summed E-state index contributed by atoms with van der Waals surface area (Å²) in [6.07, 6.45) is -3.07. The maximum atomic E-state index is 14.2. The Morgan fingerprint density at radius 1 is 1.10 bits per heavy atom. The summed E-state index contributed by atoms with van der Waals surface area (Å²) < 4.78 is 60.7. The van der Waals surface area contributed by atoms with Crippen molar-refractivity contribution < 1.29 is 32.2 Å². The second-order valence-electron chi connectivity index (χ2n) is 13.1. The number of carbonyl (C=O) groups excluding carboxylic acids is 1. The Hall–Kier alpha value is -3.06. The Morgan fingerprint density at radius 3 is 2.40 bits per heavy atom. The van der Waals surface area contributed by atoms with Gasteiger partial charge in [-0.15, -0.1) is 0 Å². The van der Waals surface area contributed by atoms with E-state index in [0.717, 1.165) is 28.0 Å². The fourth-order valence-corrected chi connectivity index (χ4v) is 5.70. The van der Waals surface area contributed by atoms with Gasteiger partial charge in [-0.1, -0.05) is 31.8 Å². The minimum atomic E-state index is -4.87. The van der Waals surface area contributed by atoms with Crippen molar-refractivity contribution in [2.45, 2.75) is 97.0 Å². The minimum absolute atomic E-state index is 0.142. The molecule has 4 rings (SSSR count). The van der Waals surface area contributed by atoms with Crippen LogP contribution in [0.1, 0.15) is 50.3 Å². The maximum absolute atomic E-state index is 14.2. The number of anilines is 1. The van der Waals surface area contributed by atoms with E-state index in [9.17, 15) is 22.8 Å². The number of carbonyl (C=O) groups is 1. The number of fused-ring (bicyclic) bond motifs is 1. The fourth-order valence-electron chi connectivity index (χ4n) is 4.94. The number of piperidine rings is 1. The SMILES string of the molecule is CC(C)(C)OC(=O)N1CCC(Oc2cccc3c2CN(c2cnn(COCC[Si](C)(C)C)c(=O)c2C(F)(F)F)C3)CC1. The summed E-state index contributed by atoms with van der Waals surface area (Å²) in [6.45, 7) is 13.3. The topological polar surface area (TPSA) is 86.1 Å². The average Bonchev–Trinajstić information content (AvgIpc) is 3.30. The molecule has 9 nitrogen and oxygen atoms in total. The van der Waals surface area contributed by atoms with Gasteiger partial charge in [0.25, 0.3) is 5.56 Å². The Balaban J connectivity index is 1.46. The van der Waals surface area contributed by atoms with Gasteiger partial charge in [0, 0.05) is 59.3 Å². The summed E-state index contributed by atoms with van der Waals surface area (Å²) in [7, 11) is -1.39. The first-order valence-corrected chi connectivity index (χ1v) is 18.0. The van der Waals surface area contributed by atoms with Crippen molar-refractivity contribution in [3.05, 3.63) is 51.4 Å². The second kappa shape index (κ2) is 12.3. The number of nitrogens with zero attached hydrogens (tertiary/aromatic N) is 4. The molecule has 0 radical (unpaired) electrons. The fraction of sp³-hybridized carbons (Fsp3) is 0.621. The van der Waals surface area contributed by atoms with E-state index < -0.39 is 31.0 Å². The first kappa shape index (κ1) is 31.9. The third kappa shape index (κ3) is 8.06. The molecule has 0 aliphatic carbocycles. The van der Waals surface area contributed by atoms with Gasteiger partial charge in [-0.25, -0.2) is 9.48 Å². The number of hydrogen-bond donors (Lipinski definition) is 0. The van der Waals surface area contributed by atoms with E-state index in [1.807, 2.05) is 32.9 Å². The number of alkyl halides is 3. The van der Waals surface area contributed by atoms with E-state index in [1.165, 1.54) is 4.90 Å². The molecule has 0 atom stereocenters. The summed E-state index contributed by atoms with van der Waals surface area (Å²) >= 11 is 0. The van der Waals surface area contributed by atoms with Crippen LogP contribution >= 0.6 is 0 Å². The largest absolute Gasteiger partial charge is 0.490 e. The Morgan fingerprint density at radius 2 is 1.79 bits per heavy atom. The van der Waals surface area contributed by atoms with Crippen LogP contribution in [0.4, 0.5) is 23.7 Å². The van der Waals surface area contributed by atoms with E-state index in [2.05, 4.69) is 24.7 Å². The summed E-state index contributed by atoms with van der Waals surface area (Å²) in [5.74, 6) is 0.594.